The highest BCUT2D eigenvalue weighted by Gasteiger charge is 2.13. The van der Waals surface area contributed by atoms with Crippen LogP contribution >= 0.6 is 0 Å². The Hall–Kier alpha value is -0.570. The second-order valence-corrected chi connectivity index (χ2v) is 5.16. The molecule has 1 amide bonds. The van der Waals surface area contributed by atoms with Crippen molar-refractivity contribution in [1.29, 1.82) is 0 Å². The Morgan fingerprint density at radius 3 is 2.35 bits per heavy atom. The van der Waals surface area contributed by atoms with E-state index >= 15 is 0 Å². The largest absolute Gasteiger partial charge is 0.343 e. The number of hydrogen-bond donors (Lipinski definition) is 1. The Labute approximate surface area is 107 Å². The van der Waals surface area contributed by atoms with E-state index in [9.17, 15) is 4.79 Å². The second-order valence-electron chi connectivity index (χ2n) is 5.16. The van der Waals surface area contributed by atoms with Gasteiger partial charge in [-0.25, -0.2) is 0 Å². The summed E-state index contributed by atoms with van der Waals surface area (Å²) in [6.07, 6.45) is 2.75. The summed E-state index contributed by atoms with van der Waals surface area (Å²) < 4.78 is 0. The van der Waals surface area contributed by atoms with Crippen molar-refractivity contribution in [1.82, 2.24) is 10.2 Å². The van der Waals surface area contributed by atoms with Crippen molar-refractivity contribution < 1.29 is 4.79 Å². The molecule has 0 aliphatic rings. The zero-order valence-electron chi connectivity index (χ0n) is 12.3. The summed E-state index contributed by atoms with van der Waals surface area (Å²) in [4.78, 5) is 14.0. The lowest BCUT2D eigenvalue weighted by molar-refractivity contribution is -0.131. The molecule has 0 aromatic carbocycles. The maximum atomic E-state index is 12.0. The quantitative estimate of drug-likeness (QED) is 0.630. The predicted molar refractivity (Wildman–Crippen MR) is 74.1 cm³/mol. The van der Waals surface area contributed by atoms with Gasteiger partial charge in [0, 0.05) is 25.6 Å². The first-order valence-corrected chi connectivity index (χ1v) is 7.02. The van der Waals surface area contributed by atoms with Crippen LogP contribution in [0.4, 0.5) is 0 Å². The van der Waals surface area contributed by atoms with Crippen molar-refractivity contribution in [2.45, 2.75) is 59.9 Å². The molecule has 0 rings (SSSR count). The maximum Gasteiger partial charge on any atom is 0.222 e. The minimum atomic E-state index is 0.304. The van der Waals surface area contributed by atoms with E-state index in [0.717, 1.165) is 32.5 Å². The minimum Gasteiger partial charge on any atom is -0.343 e. The van der Waals surface area contributed by atoms with Crippen LogP contribution in [0.25, 0.3) is 0 Å². The van der Waals surface area contributed by atoms with Gasteiger partial charge in [0.1, 0.15) is 0 Å². The van der Waals surface area contributed by atoms with Gasteiger partial charge in [-0.3, -0.25) is 4.79 Å². The lowest BCUT2D eigenvalue weighted by Crippen LogP contribution is -2.35. The fourth-order valence-corrected chi connectivity index (χ4v) is 1.70. The van der Waals surface area contributed by atoms with Crippen LogP contribution in [0.2, 0.25) is 0 Å². The van der Waals surface area contributed by atoms with E-state index in [0.29, 0.717) is 24.3 Å². The maximum absolute atomic E-state index is 12.0. The van der Waals surface area contributed by atoms with Gasteiger partial charge in [-0.05, 0) is 25.8 Å². The zero-order chi connectivity index (χ0) is 13.3. The summed E-state index contributed by atoms with van der Waals surface area (Å²) in [5, 5.41) is 3.34. The van der Waals surface area contributed by atoms with Gasteiger partial charge in [0.05, 0.1) is 0 Å². The van der Waals surface area contributed by atoms with E-state index in [4.69, 9.17) is 0 Å². The Morgan fingerprint density at radius 1 is 1.24 bits per heavy atom. The number of carbonyl (C=O) groups is 1. The summed E-state index contributed by atoms with van der Waals surface area (Å²) in [7, 11) is 0. The summed E-state index contributed by atoms with van der Waals surface area (Å²) in [6, 6.07) is 0.507. The standard InChI is InChI=1S/C14H30N2O/c1-6-13(5)11-16(7-2)14(17)9-8-10-15-12(3)4/h12-13,15H,6-11H2,1-5H3. The minimum absolute atomic E-state index is 0.304. The SMILES string of the molecule is CCC(C)CN(CC)C(=O)CCCNC(C)C. The number of rotatable bonds is 9. The van der Waals surface area contributed by atoms with Crippen molar-refractivity contribution in [3.63, 3.8) is 0 Å². The number of amides is 1. The molecular weight excluding hydrogens is 212 g/mol. The Morgan fingerprint density at radius 2 is 1.88 bits per heavy atom. The molecule has 0 radical (unpaired) electrons. The highest BCUT2D eigenvalue weighted by molar-refractivity contribution is 5.76. The summed E-state index contributed by atoms with van der Waals surface area (Å²) >= 11 is 0. The molecule has 3 nitrogen and oxygen atoms in total. The molecule has 3 heteroatoms. The third kappa shape index (κ3) is 8.19. The van der Waals surface area contributed by atoms with Gasteiger partial charge in [-0.15, -0.1) is 0 Å². The molecule has 0 aromatic rings. The van der Waals surface area contributed by atoms with Crippen LogP contribution in [0.15, 0.2) is 0 Å². The fraction of sp³-hybridized carbons (Fsp3) is 0.929. The van der Waals surface area contributed by atoms with Crippen molar-refractivity contribution in [2.75, 3.05) is 19.6 Å². The molecule has 1 N–H and O–H groups in total. The van der Waals surface area contributed by atoms with Crippen LogP contribution in [-0.4, -0.2) is 36.5 Å². The molecule has 1 unspecified atom stereocenters. The van der Waals surface area contributed by atoms with E-state index in [1.165, 1.54) is 0 Å². The molecule has 0 saturated heterocycles. The van der Waals surface area contributed by atoms with Gasteiger partial charge in [-0.2, -0.15) is 0 Å². The number of hydrogen-bond acceptors (Lipinski definition) is 2. The van der Waals surface area contributed by atoms with Gasteiger partial charge in [0.2, 0.25) is 5.91 Å². The number of nitrogens with zero attached hydrogens (tertiary/aromatic N) is 1. The monoisotopic (exact) mass is 242 g/mol. The molecule has 17 heavy (non-hydrogen) atoms. The van der Waals surface area contributed by atoms with Crippen molar-refractivity contribution in [3.8, 4) is 0 Å². The molecule has 0 spiro atoms. The molecule has 102 valence electrons. The van der Waals surface area contributed by atoms with Crippen molar-refractivity contribution in [2.24, 2.45) is 5.92 Å². The highest BCUT2D eigenvalue weighted by atomic mass is 16.2. The predicted octanol–water partition coefficient (Wildman–Crippen LogP) is 2.66. The summed E-state index contributed by atoms with van der Waals surface area (Å²) in [5.41, 5.74) is 0. The topological polar surface area (TPSA) is 32.3 Å². The lowest BCUT2D eigenvalue weighted by atomic mass is 10.1. The lowest BCUT2D eigenvalue weighted by Gasteiger charge is -2.24. The molecule has 1 atom stereocenters. The fourth-order valence-electron chi connectivity index (χ4n) is 1.70. The second kappa shape index (κ2) is 9.46. The Kier molecular flexibility index (Phi) is 9.14. The van der Waals surface area contributed by atoms with Gasteiger partial charge in [0.25, 0.3) is 0 Å². The Bertz CT molecular complexity index is 204. The first-order valence-electron chi connectivity index (χ1n) is 7.02. The number of nitrogens with one attached hydrogen (secondary N) is 1. The Balaban J connectivity index is 3.84. The number of carbonyl (C=O) groups excluding carboxylic acids is 1. The molecule has 0 bridgehead atoms. The first-order chi connectivity index (χ1) is 8.01. The molecular formula is C14H30N2O. The van der Waals surface area contributed by atoms with E-state index in [1.54, 1.807) is 0 Å². The molecule has 0 saturated carbocycles. The summed E-state index contributed by atoms with van der Waals surface area (Å²) in [6.45, 7) is 13.4. The van der Waals surface area contributed by atoms with Crippen molar-refractivity contribution in [3.05, 3.63) is 0 Å². The van der Waals surface area contributed by atoms with Gasteiger partial charge >= 0.3 is 0 Å². The zero-order valence-corrected chi connectivity index (χ0v) is 12.3. The van der Waals surface area contributed by atoms with Crippen LogP contribution in [0.1, 0.15) is 53.9 Å². The molecule has 0 fully saturated rings. The van der Waals surface area contributed by atoms with Crippen LogP contribution in [0, 0.1) is 5.92 Å². The normalized spacial score (nSPS) is 12.8. The molecule has 0 aliphatic carbocycles. The molecule has 0 aromatic heterocycles. The van der Waals surface area contributed by atoms with Gasteiger partial charge in [-0.1, -0.05) is 34.1 Å². The molecule has 0 heterocycles. The molecule has 0 aliphatic heterocycles. The van der Waals surface area contributed by atoms with Crippen LogP contribution < -0.4 is 5.32 Å². The summed E-state index contributed by atoms with van der Waals surface area (Å²) in [5.74, 6) is 0.908. The van der Waals surface area contributed by atoms with E-state index in [-0.39, 0.29) is 0 Å². The van der Waals surface area contributed by atoms with E-state index in [1.807, 2.05) is 4.90 Å². The smallest absolute Gasteiger partial charge is 0.222 e. The average molecular weight is 242 g/mol. The van der Waals surface area contributed by atoms with Crippen LogP contribution in [0.3, 0.4) is 0 Å². The van der Waals surface area contributed by atoms with Crippen LogP contribution in [-0.2, 0) is 4.79 Å². The van der Waals surface area contributed by atoms with Gasteiger partial charge in [0.15, 0.2) is 0 Å². The average Bonchev–Trinajstić information content (AvgIpc) is 2.30. The first kappa shape index (κ1) is 16.4. The third-order valence-corrected chi connectivity index (χ3v) is 3.08. The van der Waals surface area contributed by atoms with Gasteiger partial charge < -0.3 is 10.2 Å². The highest BCUT2D eigenvalue weighted by Crippen LogP contribution is 2.06. The van der Waals surface area contributed by atoms with E-state index in [2.05, 4.69) is 39.9 Å². The van der Waals surface area contributed by atoms with Crippen molar-refractivity contribution >= 4 is 5.91 Å². The van der Waals surface area contributed by atoms with Crippen LogP contribution in [0.5, 0.6) is 0 Å². The third-order valence-electron chi connectivity index (χ3n) is 3.08. The van der Waals surface area contributed by atoms with E-state index < -0.39 is 0 Å².